The molecule has 1 aromatic heterocycles. The summed E-state index contributed by atoms with van der Waals surface area (Å²) in [7, 11) is 1.38. The molecule has 12 heteroatoms. The number of ether oxygens (including phenoxy) is 2. The summed E-state index contributed by atoms with van der Waals surface area (Å²) in [6.45, 7) is 7.23. The normalized spacial score (nSPS) is 17.2. The number of aromatic carboxylic acids is 1. The average molecular weight is 580 g/mol. The molecule has 2 amide bonds. The zero-order valence-corrected chi connectivity index (χ0v) is 23.8. The summed E-state index contributed by atoms with van der Waals surface area (Å²) in [6, 6.07) is 4.24. The SMILES string of the molecule is CCOC(=O)N(C)Cc1cnc(Oc2ccc(N(C(=O)C3CCC(C)CC3)C(C)C)c(C(=O)O)c2)c(C(F)(F)F)c1. The van der Waals surface area contributed by atoms with E-state index in [2.05, 4.69) is 11.9 Å². The van der Waals surface area contributed by atoms with Gasteiger partial charge in [0, 0.05) is 25.2 Å². The van der Waals surface area contributed by atoms with E-state index in [1.807, 2.05) is 0 Å². The Hall–Kier alpha value is -3.83. The van der Waals surface area contributed by atoms with Gasteiger partial charge in [-0.1, -0.05) is 6.92 Å². The molecule has 0 spiro atoms. The van der Waals surface area contributed by atoms with Crippen molar-refractivity contribution in [3.8, 4) is 11.6 Å². The first-order chi connectivity index (χ1) is 19.2. The molecule has 41 heavy (non-hydrogen) atoms. The molecule has 2 aromatic rings. The third-order valence-electron chi connectivity index (χ3n) is 7.00. The number of rotatable bonds is 9. The van der Waals surface area contributed by atoms with E-state index in [0.29, 0.717) is 18.8 Å². The monoisotopic (exact) mass is 579 g/mol. The van der Waals surface area contributed by atoms with Crippen molar-refractivity contribution in [2.75, 3.05) is 18.6 Å². The van der Waals surface area contributed by atoms with Gasteiger partial charge in [-0.25, -0.2) is 14.6 Å². The first kappa shape index (κ1) is 31.7. The van der Waals surface area contributed by atoms with Gasteiger partial charge in [-0.3, -0.25) is 4.79 Å². The number of hydrogen-bond donors (Lipinski definition) is 1. The molecular formula is C29H36F3N3O6. The Morgan fingerprint density at radius 1 is 1.12 bits per heavy atom. The highest BCUT2D eigenvalue weighted by Crippen LogP contribution is 2.39. The molecule has 224 valence electrons. The maximum Gasteiger partial charge on any atom is 0.421 e. The second-order valence-corrected chi connectivity index (χ2v) is 10.6. The van der Waals surface area contributed by atoms with Gasteiger partial charge in [0.05, 0.1) is 24.4 Å². The fourth-order valence-electron chi connectivity index (χ4n) is 4.87. The van der Waals surface area contributed by atoms with E-state index in [-0.39, 0.29) is 53.6 Å². The van der Waals surface area contributed by atoms with Crippen LogP contribution in [0.5, 0.6) is 11.6 Å². The van der Waals surface area contributed by atoms with Crippen LogP contribution in [-0.4, -0.2) is 52.7 Å². The van der Waals surface area contributed by atoms with E-state index in [9.17, 15) is 32.7 Å². The van der Waals surface area contributed by atoms with Gasteiger partial charge in [-0.2, -0.15) is 13.2 Å². The first-order valence-corrected chi connectivity index (χ1v) is 13.5. The lowest BCUT2D eigenvalue weighted by Gasteiger charge is -2.34. The van der Waals surface area contributed by atoms with Crippen LogP contribution < -0.4 is 9.64 Å². The number of pyridine rings is 1. The predicted molar refractivity (Wildman–Crippen MR) is 145 cm³/mol. The number of aromatic nitrogens is 1. The molecule has 1 aliphatic carbocycles. The maximum absolute atomic E-state index is 13.9. The molecule has 1 saturated carbocycles. The molecular weight excluding hydrogens is 543 g/mol. The van der Waals surface area contributed by atoms with E-state index in [4.69, 9.17) is 9.47 Å². The van der Waals surface area contributed by atoms with E-state index in [1.165, 1.54) is 24.1 Å². The molecule has 0 saturated heterocycles. The minimum atomic E-state index is -4.85. The van der Waals surface area contributed by atoms with Gasteiger partial charge in [0.15, 0.2) is 0 Å². The zero-order valence-electron chi connectivity index (χ0n) is 23.8. The van der Waals surface area contributed by atoms with Crippen LogP contribution >= 0.6 is 0 Å². The third kappa shape index (κ3) is 7.89. The van der Waals surface area contributed by atoms with Crippen molar-refractivity contribution >= 4 is 23.7 Å². The van der Waals surface area contributed by atoms with Crippen LogP contribution in [0.2, 0.25) is 0 Å². The highest BCUT2D eigenvalue weighted by Gasteiger charge is 2.37. The van der Waals surface area contributed by atoms with Crippen molar-refractivity contribution in [3.05, 3.63) is 47.2 Å². The summed E-state index contributed by atoms with van der Waals surface area (Å²) < 4.78 is 52.1. The second-order valence-electron chi connectivity index (χ2n) is 10.6. The van der Waals surface area contributed by atoms with Crippen LogP contribution in [-0.2, 0) is 22.3 Å². The Morgan fingerprint density at radius 2 is 1.78 bits per heavy atom. The van der Waals surface area contributed by atoms with Gasteiger partial charge in [0.2, 0.25) is 11.8 Å². The third-order valence-corrected chi connectivity index (χ3v) is 7.00. The number of hydrogen-bond acceptors (Lipinski definition) is 6. The number of benzene rings is 1. The number of halogens is 3. The Morgan fingerprint density at radius 3 is 2.34 bits per heavy atom. The fourth-order valence-corrected chi connectivity index (χ4v) is 4.87. The molecule has 1 fully saturated rings. The fraction of sp³-hybridized carbons (Fsp3) is 0.517. The summed E-state index contributed by atoms with van der Waals surface area (Å²) >= 11 is 0. The minimum Gasteiger partial charge on any atom is -0.478 e. The van der Waals surface area contributed by atoms with Gasteiger partial charge in [0.1, 0.15) is 11.3 Å². The summed E-state index contributed by atoms with van der Waals surface area (Å²) in [4.78, 5) is 43.9. The van der Waals surface area contributed by atoms with Crippen molar-refractivity contribution < 1.29 is 42.1 Å². The maximum atomic E-state index is 13.9. The molecule has 1 aromatic carbocycles. The number of anilines is 1. The lowest BCUT2D eigenvalue weighted by molar-refractivity contribution is -0.139. The summed E-state index contributed by atoms with van der Waals surface area (Å²) in [6.07, 6.45) is -1.17. The first-order valence-electron chi connectivity index (χ1n) is 13.5. The molecule has 0 aliphatic heterocycles. The van der Waals surface area contributed by atoms with Gasteiger partial charge >= 0.3 is 18.2 Å². The van der Waals surface area contributed by atoms with E-state index in [1.54, 1.807) is 20.8 Å². The molecule has 3 rings (SSSR count). The standard InChI is InChI=1S/C29H36F3N3O6/c1-6-40-28(39)34(5)16-19-13-23(29(30,31)32)25(33-15-19)41-21-11-12-24(22(14-21)27(37)38)35(17(2)3)26(36)20-9-7-18(4)8-10-20/h11-15,17-18,20H,6-10,16H2,1-5H3,(H,37,38). The number of carboxylic acid groups (broad SMARTS) is 1. The van der Waals surface area contributed by atoms with Crippen molar-refractivity contribution in [1.82, 2.24) is 9.88 Å². The number of carbonyl (C=O) groups excluding carboxylic acids is 2. The van der Waals surface area contributed by atoms with Crippen LogP contribution in [0.1, 0.15) is 74.9 Å². The molecule has 0 unspecified atom stereocenters. The van der Waals surface area contributed by atoms with Crippen molar-refractivity contribution in [1.29, 1.82) is 0 Å². The highest BCUT2D eigenvalue weighted by molar-refractivity contribution is 6.03. The molecule has 1 heterocycles. The number of amides is 2. The number of nitrogens with zero attached hydrogens (tertiary/aromatic N) is 3. The molecule has 0 bridgehead atoms. The van der Waals surface area contributed by atoms with Crippen molar-refractivity contribution in [2.24, 2.45) is 11.8 Å². The molecule has 1 aliphatic rings. The van der Waals surface area contributed by atoms with Crippen LogP contribution in [0, 0.1) is 11.8 Å². The topological polar surface area (TPSA) is 109 Å². The predicted octanol–water partition coefficient (Wildman–Crippen LogP) is 6.75. The Balaban J connectivity index is 1.93. The van der Waals surface area contributed by atoms with Gasteiger partial charge in [0.25, 0.3) is 0 Å². The van der Waals surface area contributed by atoms with Crippen LogP contribution in [0.15, 0.2) is 30.5 Å². The van der Waals surface area contributed by atoms with E-state index in [0.717, 1.165) is 36.1 Å². The number of carbonyl (C=O) groups is 3. The number of alkyl halides is 3. The number of carboxylic acids is 1. The van der Waals surface area contributed by atoms with Crippen LogP contribution in [0.3, 0.4) is 0 Å². The van der Waals surface area contributed by atoms with Gasteiger partial charge in [-0.05, 0) is 82.2 Å². The lowest BCUT2D eigenvalue weighted by atomic mass is 9.82. The minimum absolute atomic E-state index is 0.0880. The largest absolute Gasteiger partial charge is 0.478 e. The summed E-state index contributed by atoms with van der Waals surface area (Å²) in [5.74, 6) is -2.21. The molecule has 9 nitrogen and oxygen atoms in total. The molecule has 0 atom stereocenters. The average Bonchev–Trinajstić information content (AvgIpc) is 2.89. The Bertz CT molecular complexity index is 1260. The van der Waals surface area contributed by atoms with Crippen LogP contribution in [0.25, 0.3) is 0 Å². The second kappa shape index (κ2) is 13.2. The molecule has 0 radical (unpaired) electrons. The lowest BCUT2D eigenvalue weighted by Crippen LogP contribution is -2.42. The summed E-state index contributed by atoms with van der Waals surface area (Å²) in [5.41, 5.74) is -1.25. The van der Waals surface area contributed by atoms with E-state index >= 15 is 0 Å². The Kier molecular flexibility index (Phi) is 10.2. The summed E-state index contributed by atoms with van der Waals surface area (Å²) in [5, 5.41) is 9.97. The highest BCUT2D eigenvalue weighted by atomic mass is 19.4. The smallest absolute Gasteiger partial charge is 0.421 e. The van der Waals surface area contributed by atoms with Gasteiger partial charge in [-0.15, -0.1) is 0 Å². The molecule has 1 N–H and O–H groups in total. The van der Waals surface area contributed by atoms with Gasteiger partial charge < -0.3 is 24.4 Å². The quantitative estimate of drug-likeness (QED) is 0.350. The van der Waals surface area contributed by atoms with E-state index < -0.39 is 29.7 Å². The van der Waals surface area contributed by atoms with Crippen LogP contribution in [0.4, 0.5) is 23.7 Å². The zero-order chi connectivity index (χ0) is 30.5. The Labute approximate surface area is 237 Å². The van der Waals surface area contributed by atoms with Crippen molar-refractivity contribution in [2.45, 2.75) is 72.1 Å². The van der Waals surface area contributed by atoms with Crippen molar-refractivity contribution in [3.63, 3.8) is 0 Å².